The minimum atomic E-state index is -0.333. The Bertz CT molecular complexity index is 360. The summed E-state index contributed by atoms with van der Waals surface area (Å²) < 4.78 is 1.59. The van der Waals surface area contributed by atoms with Gasteiger partial charge in [-0.2, -0.15) is 0 Å². The first-order valence-electron chi connectivity index (χ1n) is 5.96. The molecule has 1 amide bonds. The summed E-state index contributed by atoms with van der Waals surface area (Å²) in [6.07, 6.45) is 1.80. The predicted octanol–water partition coefficient (Wildman–Crippen LogP) is 0.473. The quantitative estimate of drug-likeness (QED) is 0.757. The Kier molecular flexibility index (Phi) is 5.09. The van der Waals surface area contributed by atoms with E-state index in [-0.39, 0.29) is 18.0 Å². The van der Waals surface area contributed by atoms with Crippen LogP contribution in [0, 0.1) is 0 Å². The number of hydrogen-bond acceptors (Lipinski definition) is 4. The van der Waals surface area contributed by atoms with Crippen molar-refractivity contribution < 1.29 is 4.79 Å². The van der Waals surface area contributed by atoms with Crippen molar-refractivity contribution in [1.29, 1.82) is 0 Å². The highest BCUT2D eigenvalue weighted by Gasteiger charge is 2.16. The van der Waals surface area contributed by atoms with E-state index in [9.17, 15) is 4.79 Å². The minimum Gasteiger partial charge on any atom is -0.352 e. The molecule has 0 bridgehead atoms. The topological polar surface area (TPSA) is 71.8 Å². The molecule has 0 aliphatic heterocycles. The minimum absolute atomic E-state index is 0.0418. The van der Waals surface area contributed by atoms with E-state index in [0.29, 0.717) is 6.54 Å². The Balaban J connectivity index is 2.59. The predicted molar refractivity (Wildman–Crippen MR) is 65.4 cm³/mol. The Morgan fingerprint density at radius 3 is 2.76 bits per heavy atom. The number of carbonyl (C=O) groups excluding carboxylic acids is 1. The maximum Gasteiger partial charge on any atom is 0.244 e. The summed E-state index contributed by atoms with van der Waals surface area (Å²) in [7, 11) is 0. The molecule has 96 valence electrons. The Labute approximate surface area is 102 Å². The third kappa shape index (κ3) is 4.14. The Morgan fingerprint density at radius 1 is 1.47 bits per heavy atom. The maximum atomic E-state index is 11.8. The molecule has 0 aromatic carbocycles. The lowest BCUT2D eigenvalue weighted by Crippen LogP contribution is -2.35. The van der Waals surface area contributed by atoms with Crippen LogP contribution in [0.4, 0.5) is 0 Å². The molecular formula is C11H21N5O. The molecule has 0 saturated carbocycles. The van der Waals surface area contributed by atoms with Crippen molar-refractivity contribution in [2.24, 2.45) is 0 Å². The number of carbonyl (C=O) groups is 1. The fourth-order valence-electron chi connectivity index (χ4n) is 1.36. The summed E-state index contributed by atoms with van der Waals surface area (Å²) in [5.74, 6) is -0.0418. The third-order valence-electron chi connectivity index (χ3n) is 2.32. The summed E-state index contributed by atoms with van der Waals surface area (Å²) in [5, 5.41) is 14.0. The summed E-state index contributed by atoms with van der Waals surface area (Å²) in [6.45, 7) is 9.27. The Hall–Kier alpha value is -1.43. The Morgan fingerprint density at radius 2 is 2.18 bits per heavy atom. The van der Waals surface area contributed by atoms with Crippen LogP contribution < -0.4 is 10.6 Å². The van der Waals surface area contributed by atoms with E-state index in [1.165, 1.54) is 0 Å². The second-order valence-electron chi connectivity index (χ2n) is 4.31. The first-order chi connectivity index (χ1) is 8.04. The first-order valence-corrected chi connectivity index (χ1v) is 5.96. The van der Waals surface area contributed by atoms with E-state index in [1.807, 2.05) is 27.7 Å². The molecule has 6 nitrogen and oxygen atoms in total. The van der Waals surface area contributed by atoms with Gasteiger partial charge < -0.3 is 10.6 Å². The molecule has 1 unspecified atom stereocenters. The molecule has 0 spiro atoms. The molecule has 6 heteroatoms. The van der Waals surface area contributed by atoms with E-state index < -0.39 is 0 Å². The van der Waals surface area contributed by atoms with Crippen LogP contribution in [0.1, 0.15) is 39.4 Å². The number of hydrogen-bond donors (Lipinski definition) is 2. The molecule has 0 saturated heterocycles. The van der Waals surface area contributed by atoms with Crippen LogP contribution in [0.15, 0.2) is 6.20 Å². The smallest absolute Gasteiger partial charge is 0.244 e. The number of rotatable bonds is 6. The van der Waals surface area contributed by atoms with Gasteiger partial charge in [-0.1, -0.05) is 12.1 Å². The largest absolute Gasteiger partial charge is 0.352 e. The number of nitrogens with one attached hydrogen (secondary N) is 2. The summed E-state index contributed by atoms with van der Waals surface area (Å²) >= 11 is 0. The van der Waals surface area contributed by atoms with Crippen LogP contribution in [0.3, 0.4) is 0 Å². The zero-order valence-electron chi connectivity index (χ0n) is 10.9. The highest BCUT2D eigenvalue weighted by molar-refractivity contribution is 5.79. The molecular weight excluding hydrogens is 218 g/mol. The molecule has 1 aromatic heterocycles. The van der Waals surface area contributed by atoms with Gasteiger partial charge in [-0.05, 0) is 27.3 Å². The van der Waals surface area contributed by atoms with Crippen LogP contribution >= 0.6 is 0 Å². The van der Waals surface area contributed by atoms with Crippen molar-refractivity contribution in [1.82, 2.24) is 25.6 Å². The molecule has 1 rings (SSSR count). The van der Waals surface area contributed by atoms with Gasteiger partial charge in [0.05, 0.1) is 11.9 Å². The van der Waals surface area contributed by atoms with Crippen molar-refractivity contribution in [2.45, 2.75) is 46.3 Å². The lowest BCUT2D eigenvalue weighted by molar-refractivity contribution is -0.124. The van der Waals surface area contributed by atoms with Gasteiger partial charge in [-0.15, -0.1) is 5.10 Å². The van der Waals surface area contributed by atoms with Gasteiger partial charge in [-0.3, -0.25) is 4.79 Å². The van der Waals surface area contributed by atoms with Gasteiger partial charge in [0, 0.05) is 12.6 Å². The van der Waals surface area contributed by atoms with Crippen LogP contribution in [0.25, 0.3) is 0 Å². The fourth-order valence-corrected chi connectivity index (χ4v) is 1.36. The van der Waals surface area contributed by atoms with E-state index >= 15 is 0 Å². The zero-order chi connectivity index (χ0) is 12.8. The molecule has 0 aliphatic carbocycles. The summed E-state index contributed by atoms with van der Waals surface area (Å²) in [5.41, 5.74) is 0.844. The van der Waals surface area contributed by atoms with E-state index in [4.69, 9.17) is 0 Å². The van der Waals surface area contributed by atoms with Gasteiger partial charge in [0.25, 0.3) is 0 Å². The van der Waals surface area contributed by atoms with E-state index in [1.54, 1.807) is 10.9 Å². The molecule has 1 aromatic rings. The average molecular weight is 239 g/mol. The lowest BCUT2D eigenvalue weighted by atomic mass is 10.3. The second kappa shape index (κ2) is 6.34. The lowest BCUT2D eigenvalue weighted by Gasteiger charge is -2.13. The number of amides is 1. The van der Waals surface area contributed by atoms with Crippen molar-refractivity contribution in [3.8, 4) is 0 Å². The van der Waals surface area contributed by atoms with E-state index in [0.717, 1.165) is 12.2 Å². The standard InChI is InChI=1S/C11H21N5O/c1-5-12-6-10-7-16(15-14-10)9(4)11(17)13-8(2)3/h7-9,12H,5-6H2,1-4H3,(H,13,17). The SMILES string of the molecule is CCNCc1cn(C(C)C(=O)NC(C)C)nn1. The summed E-state index contributed by atoms with van der Waals surface area (Å²) in [4.78, 5) is 11.8. The fraction of sp³-hybridized carbons (Fsp3) is 0.727. The first kappa shape index (κ1) is 13.6. The van der Waals surface area contributed by atoms with Crippen LogP contribution in [-0.4, -0.2) is 33.5 Å². The second-order valence-corrected chi connectivity index (χ2v) is 4.31. The molecule has 2 N–H and O–H groups in total. The molecule has 1 atom stereocenters. The van der Waals surface area contributed by atoms with E-state index in [2.05, 4.69) is 20.9 Å². The summed E-state index contributed by atoms with van der Waals surface area (Å²) in [6, 6.07) is -0.199. The molecule has 17 heavy (non-hydrogen) atoms. The number of aromatic nitrogens is 3. The van der Waals surface area contributed by atoms with Gasteiger partial charge in [-0.25, -0.2) is 4.68 Å². The van der Waals surface area contributed by atoms with Gasteiger partial charge in [0.15, 0.2) is 0 Å². The third-order valence-corrected chi connectivity index (χ3v) is 2.32. The zero-order valence-corrected chi connectivity index (χ0v) is 10.9. The normalized spacial score (nSPS) is 12.8. The van der Waals surface area contributed by atoms with Gasteiger partial charge >= 0.3 is 0 Å². The van der Waals surface area contributed by atoms with Crippen LogP contribution in [0.5, 0.6) is 0 Å². The monoisotopic (exact) mass is 239 g/mol. The van der Waals surface area contributed by atoms with Crippen molar-refractivity contribution in [3.63, 3.8) is 0 Å². The van der Waals surface area contributed by atoms with Crippen molar-refractivity contribution in [2.75, 3.05) is 6.54 Å². The number of nitrogens with zero attached hydrogens (tertiary/aromatic N) is 3. The van der Waals surface area contributed by atoms with Crippen LogP contribution in [0.2, 0.25) is 0 Å². The van der Waals surface area contributed by atoms with Crippen molar-refractivity contribution in [3.05, 3.63) is 11.9 Å². The average Bonchev–Trinajstić information content (AvgIpc) is 2.72. The maximum absolute atomic E-state index is 11.8. The highest BCUT2D eigenvalue weighted by Crippen LogP contribution is 2.05. The van der Waals surface area contributed by atoms with Crippen molar-refractivity contribution >= 4 is 5.91 Å². The molecule has 1 heterocycles. The van der Waals surface area contributed by atoms with Crippen LogP contribution in [-0.2, 0) is 11.3 Å². The highest BCUT2D eigenvalue weighted by atomic mass is 16.2. The molecule has 0 aliphatic rings. The van der Waals surface area contributed by atoms with Gasteiger partial charge in [0.1, 0.15) is 6.04 Å². The van der Waals surface area contributed by atoms with Gasteiger partial charge in [0.2, 0.25) is 5.91 Å². The molecule has 0 fully saturated rings. The molecule has 0 radical (unpaired) electrons.